The van der Waals surface area contributed by atoms with Crippen LogP contribution >= 0.6 is 0 Å². The van der Waals surface area contributed by atoms with Gasteiger partial charge in [0.05, 0.1) is 11.7 Å². The van der Waals surface area contributed by atoms with Crippen molar-refractivity contribution in [2.45, 2.75) is 46.1 Å². The molecule has 0 spiro atoms. The number of hydrogen-bond donors (Lipinski definition) is 3. The van der Waals surface area contributed by atoms with Crippen LogP contribution < -0.4 is 15.5 Å². The van der Waals surface area contributed by atoms with Crippen molar-refractivity contribution in [3.63, 3.8) is 0 Å². The molecule has 10 nitrogen and oxygen atoms in total. The number of pyridine rings is 1. The molecule has 1 atom stereocenters. The number of amides is 1. The van der Waals surface area contributed by atoms with Crippen LogP contribution in [-0.2, 0) is 5.41 Å². The number of rotatable bonds is 6. The molecule has 1 saturated heterocycles. The minimum absolute atomic E-state index is 0.0340. The first-order valence-electron chi connectivity index (χ1n) is 14.3. The normalized spacial score (nSPS) is 14.7. The van der Waals surface area contributed by atoms with E-state index in [0.29, 0.717) is 11.5 Å². The third-order valence-corrected chi connectivity index (χ3v) is 7.74. The third-order valence-electron chi connectivity index (χ3n) is 7.74. The monoisotopic (exact) mass is 564 g/mol. The van der Waals surface area contributed by atoms with Gasteiger partial charge in [-0.15, -0.1) is 0 Å². The summed E-state index contributed by atoms with van der Waals surface area (Å²) in [5.41, 5.74) is 7.68. The fourth-order valence-electron chi connectivity index (χ4n) is 5.34. The second-order valence-electron chi connectivity index (χ2n) is 11.9. The first-order valence-corrected chi connectivity index (χ1v) is 14.3. The van der Waals surface area contributed by atoms with Crippen LogP contribution in [0.5, 0.6) is 0 Å². The summed E-state index contributed by atoms with van der Waals surface area (Å²) in [6.07, 6.45) is 1.87. The number of nitrogens with one attached hydrogen (secondary N) is 3. The molecule has 10 heteroatoms. The molecule has 42 heavy (non-hydrogen) atoms. The number of aromatic nitrogens is 5. The van der Waals surface area contributed by atoms with E-state index in [4.69, 9.17) is 4.52 Å². The molecular weight excluding hydrogens is 528 g/mol. The lowest BCUT2D eigenvalue weighted by atomic mass is 9.97. The molecule has 1 unspecified atom stereocenters. The number of carbonyl (C=O) groups excluding carboxylic acids is 1. The average molecular weight is 565 g/mol. The number of aromatic amines is 1. The van der Waals surface area contributed by atoms with E-state index >= 15 is 0 Å². The molecule has 2 aromatic carbocycles. The third kappa shape index (κ3) is 5.49. The Bertz CT molecular complexity index is 1730. The Hall–Kier alpha value is -4.57. The van der Waals surface area contributed by atoms with Gasteiger partial charge in [0.15, 0.2) is 5.65 Å². The van der Waals surface area contributed by atoms with Gasteiger partial charge in [-0.3, -0.25) is 9.89 Å². The molecule has 4 heterocycles. The largest absolute Gasteiger partial charge is 0.369 e. The van der Waals surface area contributed by atoms with Gasteiger partial charge in [-0.05, 0) is 54.8 Å². The van der Waals surface area contributed by atoms with E-state index in [1.807, 2.05) is 52.9 Å². The van der Waals surface area contributed by atoms with Crippen molar-refractivity contribution in [1.82, 2.24) is 36.0 Å². The number of benzene rings is 2. The maximum atomic E-state index is 12.8. The van der Waals surface area contributed by atoms with Gasteiger partial charge in [0.25, 0.3) is 11.7 Å². The van der Waals surface area contributed by atoms with Crippen molar-refractivity contribution in [3.8, 4) is 22.4 Å². The lowest BCUT2D eigenvalue weighted by molar-refractivity contribution is 0.0926. The van der Waals surface area contributed by atoms with Crippen LogP contribution in [0.15, 0.2) is 59.3 Å². The Morgan fingerprint density at radius 1 is 1.02 bits per heavy atom. The van der Waals surface area contributed by atoms with Crippen LogP contribution in [0, 0.1) is 6.92 Å². The minimum atomic E-state index is -0.371. The molecule has 1 fully saturated rings. The number of carbonyl (C=O) groups is 1. The van der Waals surface area contributed by atoms with E-state index < -0.39 is 0 Å². The van der Waals surface area contributed by atoms with Crippen molar-refractivity contribution in [2.75, 3.05) is 31.1 Å². The van der Waals surface area contributed by atoms with Gasteiger partial charge in [-0.25, -0.2) is 4.98 Å². The summed E-state index contributed by atoms with van der Waals surface area (Å²) in [7, 11) is 0. The quantitative estimate of drug-likeness (QED) is 0.258. The minimum Gasteiger partial charge on any atom is -0.369 e. The topological polar surface area (TPSA) is 125 Å². The zero-order chi connectivity index (χ0) is 29.4. The summed E-state index contributed by atoms with van der Waals surface area (Å²) in [6, 6.07) is 16.8. The van der Waals surface area contributed by atoms with Gasteiger partial charge in [0.1, 0.15) is 0 Å². The Morgan fingerprint density at radius 2 is 1.76 bits per heavy atom. The first-order chi connectivity index (χ1) is 20.2. The highest BCUT2D eigenvalue weighted by molar-refractivity contribution is 5.93. The second kappa shape index (κ2) is 11.0. The van der Waals surface area contributed by atoms with Crippen LogP contribution in [-0.4, -0.2) is 57.4 Å². The highest BCUT2D eigenvalue weighted by Gasteiger charge is 2.25. The maximum Gasteiger partial charge on any atom is 0.293 e. The first kappa shape index (κ1) is 27.6. The smallest absolute Gasteiger partial charge is 0.293 e. The van der Waals surface area contributed by atoms with Gasteiger partial charge >= 0.3 is 0 Å². The summed E-state index contributed by atoms with van der Waals surface area (Å²) in [6.45, 7) is 13.9. The lowest BCUT2D eigenvalue weighted by Gasteiger charge is -2.29. The van der Waals surface area contributed by atoms with Crippen LogP contribution in [0.3, 0.4) is 0 Å². The zero-order valence-corrected chi connectivity index (χ0v) is 24.7. The van der Waals surface area contributed by atoms with Gasteiger partial charge < -0.3 is 20.1 Å². The molecular formula is C32H36N8O2. The van der Waals surface area contributed by atoms with Gasteiger partial charge in [0, 0.05) is 60.0 Å². The Morgan fingerprint density at radius 3 is 2.45 bits per heavy atom. The molecule has 0 radical (unpaired) electrons. The summed E-state index contributed by atoms with van der Waals surface area (Å²) in [4.78, 5) is 24.1. The van der Waals surface area contributed by atoms with Crippen LogP contribution in [0.2, 0.25) is 0 Å². The van der Waals surface area contributed by atoms with Crippen molar-refractivity contribution < 1.29 is 9.32 Å². The van der Waals surface area contributed by atoms with Crippen molar-refractivity contribution >= 4 is 22.6 Å². The SMILES string of the molecule is Cc1cc(-c2[nH]nc3ncc(-c4ccc(N5CCNCC5)cc4)cc23)ccc1C(C)NC(=O)c1noc(C(C)(C)C)n1. The Kier molecular flexibility index (Phi) is 7.24. The lowest BCUT2D eigenvalue weighted by Crippen LogP contribution is -2.43. The number of anilines is 1. The van der Waals surface area contributed by atoms with E-state index in [-0.39, 0.29) is 23.2 Å². The van der Waals surface area contributed by atoms with Gasteiger partial charge in [0.2, 0.25) is 5.89 Å². The molecule has 0 saturated carbocycles. The number of nitrogens with zero attached hydrogens (tertiary/aromatic N) is 5. The van der Waals surface area contributed by atoms with E-state index in [1.165, 1.54) is 5.69 Å². The standard InChI is InChI=1S/C32H36N8O2/c1-19-16-22(8-11-25(19)20(2)35-30(41)29-36-31(42-39-29)32(3,4)5)27-26-17-23(18-34-28(26)38-37-27)21-6-9-24(10-7-21)40-14-12-33-13-15-40/h6-11,16-18,20,33H,12-15H2,1-5H3,(H,35,41)(H,34,37,38). The summed E-state index contributed by atoms with van der Waals surface area (Å²) < 4.78 is 5.28. The molecule has 216 valence electrons. The summed E-state index contributed by atoms with van der Waals surface area (Å²) >= 11 is 0. The molecule has 5 aromatic rings. The number of hydrogen-bond acceptors (Lipinski definition) is 8. The number of H-pyrrole nitrogens is 1. The van der Waals surface area contributed by atoms with E-state index in [2.05, 4.69) is 77.3 Å². The molecule has 0 aliphatic carbocycles. The van der Waals surface area contributed by atoms with Crippen LogP contribution in [0.4, 0.5) is 5.69 Å². The van der Waals surface area contributed by atoms with Crippen LogP contribution in [0.25, 0.3) is 33.4 Å². The number of aryl methyl sites for hydroxylation is 1. The molecule has 1 aliphatic heterocycles. The highest BCUT2D eigenvalue weighted by Crippen LogP contribution is 2.32. The van der Waals surface area contributed by atoms with E-state index in [9.17, 15) is 4.79 Å². The summed E-state index contributed by atoms with van der Waals surface area (Å²) in [5, 5.41) is 18.9. The Labute approximate surface area is 244 Å². The fourth-order valence-corrected chi connectivity index (χ4v) is 5.34. The Balaban J connectivity index is 1.21. The van der Waals surface area contributed by atoms with Crippen molar-refractivity contribution in [2.24, 2.45) is 0 Å². The van der Waals surface area contributed by atoms with E-state index in [0.717, 1.165) is 65.1 Å². The van der Waals surface area contributed by atoms with E-state index in [1.54, 1.807) is 0 Å². The average Bonchev–Trinajstić information content (AvgIpc) is 3.66. The predicted molar refractivity (Wildman–Crippen MR) is 163 cm³/mol. The molecule has 6 rings (SSSR count). The van der Waals surface area contributed by atoms with Gasteiger partial charge in [-0.1, -0.05) is 50.2 Å². The maximum absolute atomic E-state index is 12.8. The zero-order valence-electron chi connectivity index (χ0n) is 24.7. The van der Waals surface area contributed by atoms with Crippen molar-refractivity contribution in [3.05, 3.63) is 77.6 Å². The molecule has 3 N–H and O–H groups in total. The van der Waals surface area contributed by atoms with Crippen LogP contribution in [0.1, 0.15) is 61.4 Å². The summed E-state index contributed by atoms with van der Waals surface area (Å²) in [5.74, 6) is 0.0913. The molecule has 0 bridgehead atoms. The predicted octanol–water partition coefficient (Wildman–Crippen LogP) is 5.18. The second-order valence-corrected chi connectivity index (χ2v) is 11.9. The van der Waals surface area contributed by atoms with Crippen molar-refractivity contribution in [1.29, 1.82) is 0 Å². The number of piperazine rings is 1. The highest BCUT2D eigenvalue weighted by atomic mass is 16.5. The molecule has 1 amide bonds. The molecule has 1 aliphatic rings. The number of fused-ring (bicyclic) bond motifs is 1. The van der Waals surface area contributed by atoms with Gasteiger partial charge in [-0.2, -0.15) is 10.1 Å². The molecule has 3 aromatic heterocycles. The fraction of sp³-hybridized carbons (Fsp3) is 0.344.